The standard InChI is InChI=1S/C20H25N3O/c1-4-23(5-2)19-10-8-17(9-11-19)6-7-18-12-14-22(15-13-18)16-20(24)21-3/h6-15H,4-5,16H2,1-3H3/p+1. The van der Waals surface area contributed by atoms with Gasteiger partial charge in [0.25, 0.3) is 5.91 Å². The molecule has 4 nitrogen and oxygen atoms in total. The number of anilines is 1. The minimum Gasteiger partial charge on any atom is -0.372 e. The van der Waals surface area contributed by atoms with Gasteiger partial charge in [-0.05, 0) is 37.1 Å². The lowest BCUT2D eigenvalue weighted by Gasteiger charge is -2.20. The van der Waals surface area contributed by atoms with Crippen LogP contribution in [0.3, 0.4) is 0 Å². The van der Waals surface area contributed by atoms with E-state index in [2.05, 4.69) is 60.5 Å². The molecular formula is C20H26N3O+. The monoisotopic (exact) mass is 324 g/mol. The van der Waals surface area contributed by atoms with Gasteiger partial charge in [-0.2, -0.15) is 4.57 Å². The van der Waals surface area contributed by atoms with Crippen molar-refractivity contribution in [3.63, 3.8) is 0 Å². The Morgan fingerprint density at radius 2 is 1.54 bits per heavy atom. The second-order valence-corrected chi connectivity index (χ2v) is 5.57. The summed E-state index contributed by atoms with van der Waals surface area (Å²) in [5, 5.41) is 2.62. The molecule has 1 amide bonds. The lowest BCUT2D eigenvalue weighted by Crippen LogP contribution is -2.41. The van der Waals surface area contributed by atoms with Gasteiger partial charge in [0, 0.05) is 38.0 Å². The molecule has 0 atom stereocenters. The number of rotatable bonds is 7. The van der Waals surface area contributed by atoms with E-state index in [4.69, 9.17) is 0 Å². The summed E-state index contributed by atoms with van der Waals surface area (Å²) in [7, 11) is 1.64. The van der Waals surface area contributed by atoms with Gasteiger partial charge in [0.15, 0.2) is 12.4 Å². The summed E-state index contributed by atoms with van der Waals surface area (Å²) in [6.07, 6.45) is 8.01. The van der Waals surface area contributed by atoms with Crippen LogP contribution < -0.4 is 14.8 Å². The van der Waals surface area contributed by atoms with Crippen LogP contribution in [0.2, 0.25) is 0 Å². The highest BCUT2D eigenvalue weighted by Crippen LogP contribution is 2.16. The Morgan fingerprint density at radius 3 is 2.04 bits per heavy atom. The van der Waals surface area contributed by atoms with Crippen molar-refractivity contribution in [2.24, 2.45) is 0 Å². The third-order valence-electron chi connectivity index (χ3n) is 4.01. The molecule has 1 N–H and O–H groups in total. The van der Waals surface area contributed by atoms with Crippen LogP contribution >= 0.6 is 0 Å². The minimum absolute atomic E-state index is 0.00316. The van der Waals surface area contributed by atoms with Gasteiger partial charge in [-0.15, -0.1) is 0 Å². The highest BCUT2D eigenvalue weighted by Gasteiger charge is 2.06. The Bertz CT molecular complexity index is 671. The van der Waals surface area contributed by atoms with E-state index in [1.807, 2.05) is 29.1 Å². The normalized spacial score (nSPS) is 10.8. The third kappa shape index (κ3) is 4.95. The number of likely N-dealkylation sites (N-methyl/N-ethyl adjacent to an activating group) is 1. The summed E-state index contributed by atoms with van der Waals surface area (Å²) in [6.45, 7) is 6.72. The number of benzene rings is 1. The molecule has 2 rings (SSSR count). The molecule has 0 saturated carbocycles. The number of carbonyl (C=O) groups excluding carboxylic acids is 1. The Balaban J connectivity index is 2.01. The van der Waals surface area contributed by atoms with E-state index < -0.39 is 0 Å². The highest BCUT2D eigenvalue weighted by atomic mass is 16.1. The maximum atomic E-state index is 11.3. The van der Waals surface area contributed by atoms with Crippen molar-refractivity contribution in [1.29, 1.82) is 0 Å². The van der Waals surface area contributed by atoms with Crippen molar-refractivity contribution < 1.29 is 9.36 Å². The average molecular weight is 324 g/mol. The lowest BCUT2D eigenvalue weighted by atomic mass is 10.1. The molecule has 0 aliphatic rings. The quantitative estimate of drug-likeness (QED) is 0.795. The van der Waals surface area contributed by atoms with Gasteiger partial charge in [0.2, 0.25) is 6.54 Å². The number of aromatic nitrogens is 1. The van der Waals surface area contributed by atoms with E-state index in [0.717, 1.165) is 18.7 Å². The summed E-state index contributed by atoms with van der Waals surface area (Å²) in [4.78, 5) is 13.7. The van der Waals surface area contributed by atoms with Crippen molar-refractivity contribution in [2.75, 3.05) is 25.0 Å². The number of pyridine rings is 1. The van der Waals surface area contributed by atoms with Crippen molar-refractivity contribution >= 4 is 23.7 Å². The molecule has 24 heavy (non-hydrogen) atoms. The van der Waals surface area contributed by atoms with E-state index in [0.29, 0.717) is 6.54 Å². The lowest BCUT2D eigenvalue weighted by molar-refractivity contribution is -0.684. The summed E-state index contributed by atoms with van der Waals surface area (Å²) in [5.41, 5.74) is 3.54. The van der Waals surface area contributed by atoms with Crippen LogP contribution in [0.5, 0.6) is 0 Å². The third-order valence-corrected chi connectivity index (χ3v) is 4.01. The Labute approximate surface area is 144 Å². The maximum absolute atomic E-state index is 11.3. The van der Waals surface area contributed by atoms with Gasteiger partial charge in [-0.1, -0.05) is 24.3 Å². The van der Waals surface area contributed by atoms with Gasteiger partial charge >= 0.3 is 0 Å². The molecular weight excluding hydrogens is 298 g/mol. The van der Waals surface area contributed by atoms with Gasteiger partial charge < -0.3 is 10.2 Å². The first-order valence-corrected chi connectivity index (χ1v) is 8.39. The van der Waals surface area contributed by atoms with E-state index >= 15 is 0 Å². The SMILES string of the molecule is CCN(CC)c1ccc(/C=C/c2cc[n+](CC(=O)NC)cc2)cc1. The smallest absolute Gasteiger partial charge is 0.285 e. The fraction of sp³-hybridized carbons (Fsp3) is 0.300. The summed E-state index contributed by atoms with van der Waals surface area (Å²) in [6, 6.07) is 12.6. The van der Waals surface area contributed by atoms with Gasteiger partial charge in [-0.3, -0.25) is 4.79 Å². The average Bonchev–Trinajstić information content (AvgIpc) is 2.63. The molecule has 0 bridgehead atoms. The van der Waals surface area contributed by atoms with E-state index in [1.165, 1.54) is 11.3 Å². The minimum atomic E-state index is -0.00316. The molecule has 0 spiro atoms. The van der Waals surface area contributed by atoms with Gasteiger partial charge in [-0.25, -0.2) is 0 Å². The molecule has 1 aromatic carbocycles. The van der Waals surface area contributed by atoms with E-state index in [1.54, 1.807) is 7.05 Å². The molecule has 0 fully saturated rings. The second-order valence-electron chi connectivity index (χ2n) is 5.57. The largest absolute Gasteiger partial charge is 0.372 e. The van der Waals surface area contributed by atoms with Crippen LogP contribution in [-0.4, -0.2) is 26.0 Å². The topological polar surface area (TPSA) is 36.2 Å². The molecule has 0 radical (unpaired) electrons. The van der Waals surface area contributed by atoms with Gasteiger partial charge in [0.05, 0.1) is 0 Å². The molecule has 2 aromatic rings. The summed E-state index contributed by atoms with van der Waals surface area (Å²) >= 11 is 0. The zero-order valence-electron chi connectivity index (χ0n) is 14.7. The summed E-state index contributed by atoms with van der Waals surface area (Å²) < 4.78 is 1.86. The fourth-order valence-corrected chi connectivity index (χ4v) is 2.51. The number of carbonyl (C=O) groups is 1. The number of nitrogens with one attached hydrogen (secondary N) is 1. The summed E-state index contributed by atoms with van der Waals surface area (Å²) in [5.74, 6) is -0.00316. The van der Waals surface area contributed by atoms with Crippen LogP contribution in [0.4, 0.5) is 5.69 Å². The predicted octanol–water partition coefficient (Wildman–Crippen LogP) is 2.74. The first-order valence-electron chi connectivity index (χ1n) is 8.39. The Morgan fingerprint density at radius 1 is 1.00 bits per heavy atom. The molecule has 1 aromatic heterocycles. The molecule has 0 saturated heterocycles. The fourth-order valence-electron chi connectivity index (χ4n) is 2.51. The first kappa shape index (κ1) is 17.7. The maximum Gasteiger partial charge on any atom is 0.285 e. The zero-order valence-corrected chi connectivity index (χ0v) is 14.7. The van der Waals surface area contributed by atoms with Crippen LogP contribution in [0, 0.1) is 0 Å². The number of nitrogens with zero attached hydrogens (tertiary/aromatic N) is 2. The molecule has 1 heterocycles. The number of hydrogen-bond acceptors (Lipinski definition) is 2. The van der Waals surface area contributed by atoms with E-state index in [-0.39, 0.29) is 5.91 Å². The van der Waals surface area contributed by atoms with Crippen LogP contribution in [-0.2, 0) is 11.3 Å². The molecule has 0 aliphatic heterocycles. The van der Waals surface area contributed by atoms with Gasteiger partial charge in [0.1, 0.15) is 0 Å². The molecule has 0 unspecified atom stereocenters. The number of amides is 1. The number of hydrogen-bond donors (Lipinski definition) is 1. The van der Waals surface area contributed by atoms with Crippen molar-refractivity contribution in [3.05, 3.63) is 59.9 Å². The second kappa shape index (κ2) is 8.87. The van der Waals surface area contributed by atoms with E-state index in [9.17, 15) is 4.79 Å². The van der Waals surface area contributed by atoms with Crippen LogP contribution in [0.25, 0.3) is 12.2 Å². The molecule has 126 valence electrons. The first-order chi connectivity index (χ1) is 11.7. The van der Waals surface area contributed by atoms with Crippen LogP contribution in [0.15, 0.2) is 48.8 Å². The predicted molar refractivity (Wildman–Crippen MR) is 99.6 cm³/mol. The Hall–Kier alpha value is -2.62. The van der Waals surface area contributed by atoms with Crippen molar-refractivity contribution in [2.45, 2.75) is 20.4 Å². The molecule has 0 aliphatic carbocycles. The van der Waals surface area contributed by atoms with Crippen molar-refractivity contribution in [1.82, 2.24) is 5.32 Å². The Kier molecular flexibility index (Phi) is 6.55. The van der Waals surface area contributed by atoms with Crippen LogP contribution in [0.1, 0.15) is 25.0 Å². The highest BCUT2D eigenvalue weighted by molar-refractivity contribution is 5.74. The molecule has 4 heteroatoms. The van der Waals surface area contributed by atoms with Crippen molar-refractivity contribution in [3.8, 4) is 0 Å². The zero-order chi connectivity index (χ0) is 17.4.